The standard InChI is InChI=1S/C12H20N2S/c1-7-10(12(2,3)4)15-11(14-7)9(13)8-5-6-8/h8-9H,5-6,13H2,1-4H3. The summed E-state index contributed by atoms with van der Waals surface area (Å²) in [4.78, 5) is 6.01. The Morgan fingerprint density at radius 1 is 1.40 bits per heavy atom. The Bertz CT molecular complexity index is 358. The van der Waals surface area contributed by atoms with Crippen LogP contribution in [0, 0.1) is 12.8 Å². The molecule has 1 aliphatic rings. The predicted molar refractivity (Wildman–Crippen MR) is 65.2 cm³/mol. The van der Waals surface area contributed by atoms with Crippen LogP contribution < -0.4 is 5.73 Å². The van der Waals surface area contributed by atoms with Crippen molar-refractivity contribution < 1.29 is 0 Å². The van der Waals surface area contributed by atoms with Crippen molar-refractivity contribution >= 4 is 11.3 Å². The van der Waals surface area contributed by atoms with Crippen molar-refractivity contribution in [2.24, 2.45) is 11.7 Å². The third kappa shape index (κ3) is 2.23. The predicted octanol–water partition coefficient (Wildman–Crippen LogP) is 3.16. The highest BCUT2D eigenvalue weighted by Crippen LogP contribution is 2.42. The van der Waals surface area contributed by atoms with Gasteiger partial charge in [0.2, 0.25) is 0 Å². The normalized spacial score (nSPS) is 19.3. The Hall–Kier alpha value is -0.410. The average molecular weight is 224 g/mol. The van der Waals surface area contributed by atoms with Crippen molar-refractivity contribution in [3.05, 3.63) is 15.6 Å². The Balaban J connectivity index is 2.27. The number of aromatic nitrogens is 1. The van der Waals surface area contributed by atoms with E-state index in [-0.39, 0.29) is 11.5 Å². The number of aryl methyl sites for hydroxylation is 1. The van der Waals surface area contributed by atoms with Crippen molar-refractivity contribution in [3.63, 3.8) is 0 Å². The molecule has 0 saturated heterocycles. The SMILES string of the molecule is Cc1nc(C(N)C2CC2)sc1C(C)(C)C. The van der Waals surface area contributed by atoms with E-state index < -0.39 is 0 Å². The minimum Gasteiger partial charge on any atom is -0.322 e. The van der Waals surface area contributed by atoms with Crippen LogP contribution in [0.5, 0.6) is 0 Å². The smallest absolute Gasteiger partial charge is 0.110 e. The molecule has 0 radical (unpaired) electrons. The van der Waals surface area contributed by atoms with Gasteiger partial charge < -0.3 is 5.73 Å². The molecular formula is C12H20N2S. The number of nitrogens with zero attached hydrogens (tertiary/aromatic N) is 1. The first kappa shape index (κ1) is 11.1. The molecule has 84 valence electrons. The number of hydrogen-bond donors (Lipinski definition) is 1. The van der Waals surface area contributed by atoms with Crippen molar-refractivity contribution in [2.75, 3.05) is 0 Å². The Morgan fingerprint density at radius 3 is 2.40 bits per heavy atom. The highest BCUT2D eigenvalue weighted by molar-refractivity contribution is 7.12. The van der Waals surface area contributed by atoms with Gasteiger partial charge in [-0.15, -0.1) is 11.3 Å². The highest BCUT2D eigenvalue weighted by atomic mass is 32.1. The topological polar surface area (TPSA) is 38.9 Å². The van der Waals surface area contributed by atoms with Gasteiger partial charge in [0.15, 0.2) is 0 Å². The third-order valence-corrected chi connectivity index (χ3v) is 4.59. The Kier molecular flexibility index (Phi) is 2.63. The van der Waals surface area contributed by atoms with Gasteiger partial charge in [-0.25, -0.2) is 4.98 Å². The van der Waals surface area contributed by atoms with Crippen LogP contribution in [0.25, 0.3) is 0 Å². The summed E-state index contributed by atoms with van der Waals surface area (Å²) < 4.78 is 0. The van der Waals surface area contributed by atoms with E-state index in [2.05, 4.69) is 32.7 Å². The van der Waals surface area contributed by atoms with E-state index in [0.29, 0.717) is 5.92 Å². The number of hydrogen-bond acceptors (Lipinski definition) is 3. The van der Waals surface area contributed by atoms with Gasteiger partial charge in [-0.3, -0.25) is 0 Å². The summed E-state index contributed by atoms with van der Waals surface area (Å²) in [5.74, 6) is 0.698. The maximum atomic E-state index is 6.17. The second-order valence-electron chi connectivity index (χ2n) is 5.58. The van der Waals surface area contributed by atoms with E-state index in [9.17, 15) is 0 Å². The van der Waals surface area contributed by atoms with E-state index in [0.717, 1.165) is 5.01 Å². The van der Waals surface area contributed by atoms with Crippen LogP contribution in [0.4, 0.5) is 0 Å². The molecule has 1 aliphatic carbocycles. The van der Waals surface area contributed by atoms with Gasteiger partial charge in [0.05, 0.1) is 11.7 Å². The van der Waals surface area contributed by atoms with Crippen molar-refractivity contribution in [1.29, 1.82) is 0 Å². The zero-order valence-electron chi connectivity index (χ0n) is 10.0. The van der Waals surface area contributed by atoms with Crippen molar-refractivity contribution in [1.82, 2.24) is 4.98 Å². The molecule has 1 fully saturated rings. The lowest BCUT2D eigenvalue weighted by atomic mass is 9.93. The fourth-order valence-electron chi connectivity index (χ4n) is 1.91. The molecule has 1 atom stereocenters. The minimum atomic E-state index is 0.185. The van der Waals surface area contributed by atoms with Gasteiger partial charge in [-0.2, -0.15) is 0 Å². The van der Waals surface area contributed by atoms with Crippen LogP contribution in [0.15, 0.2) is 0 Å². The van der Waals surface area contributed by atoms with Crippen molar-refractivity contribution in [3.8, 4) is 0 Å². The summed E-state index contributed by atoms with van der Waals surface area (Å²) >= 11 is 1.81. The second-order valence-corrected chi connectivity index (χ2v) is 6.61. The van der Waals surface area contributed by atoms with E-state index in [1.807, 2.05) is 0 Å². The fourth-order valence-corrected chi connectivity index (χ4v) is 3.13. The molecule has 1 saturated carbocycles. The van der Waals surface area contributed by atoms with Gasteiger partial charge in [-0.05, 0) is 31.1 Å². The van der Waals surface area contributed by atoms with Gasteiger partial charge in [0.1, 0.15) is 5.01 Å². The molecule has 15 heavy (non-hydrogen) atoms. The minimum absolute atomic E-state index is 0.185. The van der Waals surface area contributed by atoms with Crippen LogP contribution in [0.2, 0.25) is 0 Å². The molecule has 1 heterocycles. The van der Waals surface area contributed by atoms with Crippen LogP contribution in [0.1, 0.15) is 55.2 Å². The lowest BCUT2D eigenvalue weighted by molar-refractivity contribution is 0.597. The molecule has 2 rings (SSSR count). The maximum Gasteiger partial charge on any atom is 0.110 e. The summed E-state index contributed by atoms with van der Waals surface area (Å²) in [7, 11) is 0. The van der Waals surface area contributed by atoms with E-state index >= 15 is 0 Å². The summed E-state index contributed by atoms with van der Waals surface area (Å²) in [6.45, 7) is 8.81. The number of thiazole rings is 1. The molecule has 0 aromatic carbocycles. The first-order chi connectivity index (χ1) is 6.89. The molecule has 2 N–H and O–H groups in total. The lowest BCUT2D eigenvalue weighted by Crippen LogP contribution is -2.11. The second kappa shape index (κ2) is 3.56. The van der Waals surface area contributed by atoms with Gasteiger partial charge in [0.25, 0.3) is 0 Å². The molecule has 0 spiro atoms. The first-order valence-corrected chi connectivity index (χ1v) is 6.44. The fraction of sp³-hybridized carbons (Fsp3) is 0.750. The molecule has 0 bridgehead atoms. The number of rotatable bonds is 2. The lowest BCUT2D eigenvalue weighted by Gasteiger charge is -2.16. The zero-order chi connectivity index (χ0) is 11.2. The summed E-state index contributed by atoms with van der Waals surface area (Å²) in [5.41, 5.74) is 7.54. The summed E-state index contributed by atoms with van der Waals surface area (Å²) in [5, 5.41) is 1.14. The van der Waals surface area contributed by atoms with Crippen LogP contribution in [-0.4, -0.2) is 4.98 Å². The maximum absolute atomic E-state index is 6.17. The molecule has 1 aromatic rings. The van der Waals surface area contributed by atoms with Gasteiger partial charge >= 0.3 is 0 Å². The molecule has 1 aromatic heterocycles. The Morgan fingerprint density at radius 2 is 2.00 bits per heavy atom. The molecule has 0 amide bonds. The zero-order valence-corrected chi connectivity index (χ0v) is 10.8. The molecular weight excluding hydrogens is 204 g/mol. The molecule has 2 nitrogen and oxygen atoms in total. The Labute approximate surface area is 95.9 Å². The van der Waals surface area contributed by atoms with Crippen LogP contribution in [0.3, 0.4) is 0 Å². The van der Waals surface area contributed by atoms with Crippen molar-refractivity contribution in [2.45, 2.75) is 52.0 Å². The van der Waals surface area contributed by atoms with E-state index in [1.54, 1.807) is 11.3 Å². The molecule has 1 unspecified atom stereocenters. The molecule has 0 aliphatic heterocycles. The van der Waals surface area contributed by atoms with E-state index in [1.165, 1.54) is 23.4 Å². The average Bonchev–Trinajstić information content (AvgIpc) is 2.86. The third-order valence-electron chi connectivity index (χ3n) is 2.91. The quantitative estimate of drug-likeness (QED) is 0.838. The highest BCUT2D eigenvalue weighted by Gasteiger charge is 2.32. The van der Waals surface area contributed by atoms with Crippen LogP contribution >= 0.6 is 11.3 Å². The number of nitrogens with two attached hydrogens (primary N) is 1. The van der Waals surface area contributed by atoms with Gasteiger partial charge in [-0.1, -0.05) is 20.8 Å². The summed E-state index contributed by atoms with van der Waals surface area (Å²) in [6.07, 6.45) is 2.56. The summed E-state index contributed by atoms with van der Waals surface area (Å²) in [6, 6.07) is 0.185. The van der Waals surface area contributed by atoms with Crippen LogP contribution in [-0.2, 0) is 5.41 Å². The van der Waals surface area contributed by atoms with E-state index in [4.69, 9.17) is 5.73 Å². The first-order valence-electron chi connectivity index (χ1n) is 5.63. The molecule has 3 heteroatoms. The van der Waals surface area contributed by atoms with Gasteiger partial charge in [0, 0.05) is 4.88 Å². The largest absolute Gasteiger partial charge is 0.322 e. The monoisotopic (exact) mass is 224 g/mol.